The lowest BCUT2D eigenvalue weighted by Crippen LogP contribution is -2.31. The zero-order valence-electron chi connectivity index (χ0n) is 20.7. The van der Waals surface area contributed by atoms with Gasteiger partial charge in [-0.05, 0) is 44.0 Å². The van der Waals surface area contributed by atoms with Gasteiger partial charge in [-0.2, -0.15) is 4.98 Å². The van der Waals surface area contributed by atoms with E-state index in [2.05, 4.69) is 27.6 Å². The van der Waals surface area contributed by atoms with Crippen LogP contribution in [0, 0.1) is 10.1 Å². The molecule has 1 aliphatic heterocycles. The molecule has 1 amide bonds. The number of amides is 1. The second-order valence-corrected chi connectivity index (χ2v) is 9.38. The van der Waals surface area contributed by atoms with Gasteiger partial charge in [0.25, 0.3) is 5.91 Å². The number of carbonyl (C=O) groups is 1. The van der Waals surface area contributed by atoms with E-state index in [0.29, 0.717) is 46.0 Å². The molecule has 37 heavy (non-hydrogen) atoms. The summed E-state index contributed by atoms with van der Waals surface area (Å²) in [6, 6.07) is 10.3. The van der Waals surface area contributed by atoms with Gasteiger partial charge in [0.1, 0.15) is 11.8 Å². The van der Waals surface area contributed by atoms with E-state index in [4.69, 9.17) is 4.74 Å². The minimum atomic E-state index is -0.831. The van der Waals surface area contributed by atoms with E-state index in [9.17, 15) is 20.0 Å². The third kappa shape index (κ3) is 5.53. The number of aromatic hydroxyl groups is 1. The van der Waals surface area contributed by atoms with Crippen molar-refractivity contribution in [3.8, 4) is 11.5 Å². The van der Waals surface area contributed by atoms with E-state index in [1.807, 2.05) is 13.0 Å². The number of nitrogens with zero attached hydrogens (tertiary/aromatic N) is 4. The molecular formula is C25H28N6O5S. The van der Waals surface area contributed by atoms with Crippen molar-refractivity contribution in [2.75, 3.05) is 23.0 Å². The van der Waals surface area contributed by atoms with E-state index in [1.165, 1.54) is 23.9 Å². The Balaban J connectivity index is 1.78. The number of hydrogen-bond acceptors (Lipinski definition) is 9. The first-order valence-electron chi connectivity index (χ1n) is 11.9. The Morgan fingerprint density at radius 3 is 2.81 bits per heavy atom. The number of unbranched alkanes of at least 4 members (excludes halogenated alkanes) is 1. The third-order valence-electron chi connectivity index (χ3n) is 5.75. The number of para-hydroxylation sites is 2. The number of benzene rings is 2. The summed E-state index contributed by atoms with van der Waals surface area (Å²) in [4.78, 5) is 29.2. The molecule has 0 radical (unpaired) electrons. The first-order valence-corrected chi connectivity index (χ1v) is 12.9. The standard InChI is InChI=1S/C25H28N6O5S/c1-4-6-13-37-25-28-24-26-15(3)21(23(33)27-17-9-7-8-10-20(17)36-5-2)22(30(24)29-25)16-11-12-19(32)18(14-16)31(34)35/h7-12,14,22,32H,4-6,13H2,1-3H3,(H,27,33)(H,26,28,29). The zero-order chi connectivity index (χ0) is 26.5. The Bertz CT molecular complexity index is 1360. The number of nitro benzene ring substituents is 1. The molecule has 0 saturated carbocycles. The van der Waals surface area contributed by atoms with Crippen LogP contribution in [0.2, 0.25) is 0 Å². The molecule has 0 fully saturated rings. The van der Waals surface area contributed by atoms with Gasteiger partial charge < -0.3 is 20.5 Å². The van der Waals surface area contributed by atoms with Crippen LogP contribution in [-0.2, 0) is 4.79 Å². The number of aromatic nitrogens is 3. The molecule has 194 valence electrons. The molecule has 0 saturated heterocycles. The quantitative estimate of drug-likeness (QED) is 0.143. The molecule has 1 aromatic heterocycles. The Kier molecular flexibility index (Phi) is 7.97. The second-order valence-electron chi connectivity index (χ2n) is 8.32. The van der Waals surface area contributed by atoms with Gasteiger partial charge in [0, 0.05) is 17.5 Å². The average molecular weight is 525 g/mol. The van der Waals surface area contributed by atoms with Crippen molar-refractivity contribution in [2.45, 2.75) is 44.8 Å². The zero-order valence-corrected chi connectivity index (χ0v) is 21.5. The lowest BCUT2D eigenvalue weighted by atomic mass is 9.94. The summed E-state index contributed by atoms with van der Waals surface area (Å²) in [5.41, 5.74) is 1.26. The molecule has 3 N–H and O–H groups in total. The molecule has 11 nitrogen and oxygen atoms in total. The van der Waals surface area contributed by atoms with E-state index >= 15 is 0 Å². The molecular weight excluding hydrogens is 496 g/mol. The molecule has 2 heterocycles. The van der Waals surface area contributed by atoms with Gasteiger partial charge in [0.2, 0.25) is 11.1 Å². The average Bonchev–Trinajstić information content (AvgIpc) is 3.27. The largest absolute Gasteiger partial charge is 0.502 e. The maximum atomic E-state index is 13.7. The molecule has 4 rings (SSSR count). The fourth-order valence-corrected chi connectivity index (χ4v) is 4.91. The number of nitro groups is 1. The molecule has 0 spiro atoms. The van der Waals surface area contributed by atoms with Crippen molar-refractivity contribution in [3.05, 3.63) is 69.4 Å². The minimum Gasteiger partial charge on any atom is -0.502 e. The minimum absolute atomic E-state index is 0.300. The fourth-order valence-electron chi connectivity index (χ4n) is 4.00. The number of thioether (sulfide) groups is 1. The molecule has 2 aromatic carbocycles. The molecule has 1 aliphatic rings. The van der Waals surface area contributed by atoms with Gasteiger partial charge in [-0.1, -0.05) is 43.3 Å². The lowest BCUT2D eigenvalue weighted by molar-refractivity contribution is -0.385. The fraction of sp³-hybridized carbons (Fsp3) is 0.320. The number of fused-ring (bicyclic) bond motifs is 1. The van der Waals surface area contributed by atoms with E-state index in [-0.39, 0.29) is 0 Å². The highest BCUT2D eigenvalue weighted by Crippen LogP contribution is 2.40. The predicted octanol–water partition coefficient (Wildman–Crippen LogP) is 5.11. The van der Waals surface area contributed by atoms with E-state index in [0.717, 1.165) is 18.6 Å². The molecule has 1 atom stereocenters. The number of phenols is 1. The number of ether oxygens (including phenoxy) is 1. The summed E-state index contributed by atoms with van der Waals surface area (Å²) < 4.78 is 7.20. The predicted molar refractivity (Wildman–Crippen MR) is 141 cm³/mol. The maximum absolute atomic E-state index is 13.7. The number of anilines is 2. The summed E-state index contributed by atoms with van der Waals surface area (Å²) in [7, 11) is 0. The maximum Gasteiger partial charge on any atom is 0.311 e. The Morgan fingerprint density at radius 2 is 2.08 bits per heavy atom. The Morgan fingerprint density at radius 1 is 1.30 bits per heavy atom. The van der Waals surface area contributed by atoms with Crippen LogP contribution < -0.4 is 15.4 Å². The molecule has 0 aliphatic carbocycles. The van der Waals surface area contributed by atoms with Gasteiger partial charge in [0.05, 0.1) is 22.8 Å². The normalized spacial score (nSPS) is 14.6. The van der Waals surface area contributed by atoms with Crippen LogP contribution in [0.15, 0.2) is 58.9 Å². The Labute approximate surface area is 218 Å². The van der Waals surface area contributed by atoms with Gasteiger partial charge in [-0.3, -0.25) is 14.9 Å². The first kappa shape index (κ1) is 26.0. The highest BCUT2D eigenvalue weighted by atomic mass is 32.2. The van der Waals surface area contributed by atoms with Crippen LogP contribution >= 0.6 is 11.8 Å². The van der Waals surface area contributed by atoms with Crippen LogP contribution in [-0.4, -0.2) is 43.1 Å². The summed E-state index contributed by atoms with van der Waals surface area (Å²) in [6.45, 7) is 6.12. The van der Waals surface area contributed by atoms with Gasteiger partial charge in [0.15, 0.2) is 5.75 Å². The lowest BCUT2D eigenvalue weighted by Gasteiger charge is -2.28. The van der Waals surface area contributed by atoms with Crippen LogP contribution in [0.1, 0.15) is 45.2 Å². The van der Waals surface area contributed by atoms with Crippen molar-refractivity contribution in [1.82, 2.24) is 14.8 Å². The molecule has 1 unspecified atom stereocenters. The summed E-state index contributed by atoms with van der Waals surface area (Å²) in [5, 5.41) is 32.8. The smallest absolute Gasteiger partial charge is 0.311 e. The first-order chi connectivity index (χ1) is 17.8. The van der Waals surface area contributed by atoms with Crippen LogP contribution in [0.4, 0.5) is 17.3 Å². The monoisotopic (exact) mass is 524 g/mol. The number of allylic oxidation sites excluding steroid dienone is 1. The van der Waals surface area contributed by atoms with E-state index in [1.54, 1.807) is 35.9 Å². The van der Waals surface area contributed by atoms with Crippen LogP contribution in [0.3, 0.4) is 0 Å². The van der Waals surface area contributed by atoms with Gasteiger partial charge in [-0.25, -0.2) is 4.68 Å². The summed E-state index contributed by atoms with van der Waals surface area (Å²) >= 11 is 1.50. The number of phenolic OH excluding ortho intramolecular Hbond substituents is 1. The highest BCUT2D eigenvalue weighted by Gasteiger charge is 2.35. The number of carbonyl (C=O) groups excluding carboxylic acids is 1. The molecule has 12 heteroatoms. The number of rotatable bonds is 10. The number of hydrogen-bond donors (Lipinski definition) is 3. The molecule has 3 aromatic rings. The topological polar surface area (TPSA) is 144 Å². The second kappa shape index (κ2) is 11.3. The van der Waals surface area contributed by atoms with Crippen LogP contribution in [0.5, 0.6) is 11.5 Å². The van der Waals surface area contributed by atoms with Crippen molar-refractivity contribution < 1.29 is 19.6 Å². The highest BCUT2D eigenvalue weighted by molar-refractivity contribution is 7.99. The van der Waals surface area contributed by atoms with Crippen molar-refractivity contribution in [2.24, 2.45) is 0 Å². The summed E-state index contributed by atoms with van der Waals surface area (Å²) in [5.74, 6) is 0.883. The number of nitrogens with one attached hydrogen (secondary N) is 2. The SMILES string of the molecule is CCCCSc1nc2n(n1)C(c1ccc(O)c([N+](=O)[O-])c1)C(C(=O)Nc1ccccc1OCC)=C(C)N2. The Hall–Kier alpha value is -4.06. The van der Waals surface area contributed by atoms with Gasteiger partial charge >= 0.3 is 5.69 Å². The van der Waals surface area contributed by atoms with Crippen molar-refractivity contribution in [1.29, 1.82) is 0 Å². The molecule has 0 bridgehead atoms. The van der Waals surface area contributed by atoms with Crippen molar-refractivity contribution in [3.63, 3.8) is 0 Å². The van der Waals surface area contributed by atoms with Gasteiger partial charge in [-0.15, -0.1) is 5.10 Å². The summed E-state index contributed by atoms with van der Waals surface area (Å²) in [6.07, 6.45) is 2.03. The third-order valence-corrected chi connectivity index (χ3v) is 6.68. The van der Waals surface area contributed by atoms with Crippen LogP contribution in [0.25, 0.3) is 0 Å². The van der Waals surface area contributed by atoms with E-state index < -0.39 is 28.3 Å². The van der Waals surface area contributed by atoms with Crippen molar-refractivity contribution >= 4 is 35.0 Å².